The molecule has 1 N–H and O–H groups in total. The number of nitrogens with zero attached hydrogens (tertiary/aromatic N) is 3. The molecule has 0 aliphatic heterocycles. The number of rotatable bonds is 5. The van der Waals surface area contributed by atoms with E-state index in [0.717, 1.165) is 27.0 Å². The van der Waals surface area contributed by atoms with Gasteiger partial charge in [0.1, 0.15) is 0 Å². The van der Waals surface area contributed by atoms with Crippen LogP contribution >= 0.6 is 22.7 Å². The van der Waals surface area contributed by atoms with Crippen molar-refractivity contribution in [1.29, 1.82) is 0 Å². The first-order chi connectivity index (χ1) is 14.4. The molecule has 2 aromatic carbocycles. The molecule has 0 atom stereocenters. The maximum atomic E-state index is 4.83. The highest BCUT2D eigenvalue weighted by Gasteiger charge is 2.09. The van der Waals surface area contributed by atoms with E-state index in [2.05, 4.69) is 52.1 Å². The minimum absolute atomic E-state index is 0.633. The largest absolute Gasteiger partial charge is 0.361 e. The van der Waals surface area contributed by atoms with Gasteiger partial charge < -0.3 is 4.98 Å². The molecular formula is C23H18N4S2. The molecule has 0 radical (unpaired) electrons. The van der Waals surface area contributed by atoms with Crippen molar-refractivity contribution < 1.29 is 0 Å². The van der Waals surface area contributed by atoms with Gasteiger partial charge in [0, 0.05) is 28.0 Å². The summed E-state index contributed by atoms with van der Waals surface area (Å²) in [6.45, 7) is 0.633. The summed E-state index contributed by atoms with van der Waals surface area (Å²) in [7, 11) is 0. The first-order valence-corrected chi connectivity index (χ1v) is 11.0. The average molecular weight is 415 g/mol. The lowest BCUT2D eigenvalue weighted by molar-refractivity contribution is 0.826. The van der Waals surface area contributed by atoms with E-state index in [-0.39, 0.29) is 0 Å². The number of para-hydroxylation sites is 1. The second-order valence-electron chi connectivity index (χ2n) is 6.53. The Morgan fingerprint density at radius 2 is 1.79 bits per heavy atom. The topological polar surface area (TPSA) is 45.4 Å². The van der Waals surface area contributed by atoms with Gasteiger partial charge in [0.2, 0.25) is 4.80 Å². The summed E-state index contributed by atoms with van der Waals surface area (Å²) < 4.78 is 1.95. The Kier molecular flexibility index (Phi) is 4.94. The van der Waals surface area contributed by atoms with Crippen LogP contribution in [0, 0.1) is 0 Å². The van der Waals surface area contributed by atoms with Crippen LogP contribution in [0.25, 0.3) is 21.5 Å². The molecule has 4 nitrogen and oxygen atoms in total. The van der Waals surface area contributed by atoms with Crippen LogP contribution in [0.15, 0.2) is 93.8 Å². The van der Waals surface area contributed by atoms with Crippen LogP contribution in [0.5, 0.6) is 0 Å². The predicted molar refractivity (Wildman–Crippen MR) is 123 cm³/mol. The third-order valence-corrected chi connectivity index (χ3v) is 6.38. The lowest BCUT2D eigenvalue weighted by atomic mass is 10.2. The van der Waals surface area contributed by atoms with Gasteiger partial charge in [-0.1, -0.05) is 54.6 Å². The summed E-state index contributed by atoms with van der Waals surface area (Å²) in [5.41, 5.74) is 4.42. The Labute approximate surface area is 176 Å². The van der Waals surface area contributed by atoms with E-state index in [1.165, 1.54) is 10.4 Å². The molecule has 0 saturated heterocycles. The van der Waals surface area contributed by atoms with Crippen LogP contribution in [0.2, 0.25) is 0 Å². The van der Waals surface area contributed by atoms with E-state index in [0.29, 0.717) is 6.54 Å². The van der Waals surface area contributed by atoms with Crippen LogP contribution in [-0.4, -0.2) is 15.9 Å². The molecule has 0 aliphatic carbocycles. The van der Waals surface area contributed by atoms with Crippen molar-refractivity contribution in [3.8, 4) is 10.6 Å². The maximum absolute atomic E-state index is 4.83. The number of thiazole rings is 1. The van der Waals surface area contributed by atoms with Gasteiger partial charge >= 0.3 is 0 Å². The van der Waals surface area contributed by atoms with Crippen LogP contribution in [0.4, 0.5) is 0 Å². The Hall–Kier alpha value is -3.22. The molecule has 3 aromatic heterocycles. The molecule has 6 heteroatoms. The van der Waals surface area contributed by atoms with E-state index < -0.39 is 0 Å². The van der Waals surface area contributed by atoms with E-state index in [1.54, 1.807) is 22.7 Å². The zero-order valence-electron chi connectivity index (χ0n) is 15.5. The monoisotopic (exact) mass is 414 g/mol. The molecule has 29 heavy (non-hydrogen) atoms. The summed E-state index contributed by atoms with van der Waals surface area (Å²) >= 11 is 3.32. The van der Waals surface area contributed by atoms with Crippen molar-refractivity contribution in [3.05, 3.63) is 99.6 Å². The normalized spacial score (nSPS) is 12.3. The van der Waals surface area contributed by atoms with Crippen LogP contribution in [0.3, 0.4) is 0 Å². The van der Waals surface area contributed by atoms with E-state index >= 15 is 0 Å². The second-order valence-corrected chi connectivity index (χ2v) is 8.31. The van der Waals surface area contributed by atoms with Gasteiger partial charge in [0.15, 0.2) is 0 Å². The third kappa shape index (κ3) is 3.72. The summed E-state index contributed by atoms with van der Waals surface area (Å²) in [5, 5.41) is 10.2. The minimum atomic E-state index is 0.633. The molecule has 0 bridgehead atoms. The minimum Gasteiger partial charge on any atom is -0.361 e. The zero-order valence-corrected chi connectivity index (χ0v) is 17.2. The van der Waals surface area contributed by atoms with Crippen LogP contribution in [0.1, 0.15) is 11.1 Å². The number of nitrogens with one attached hydrogen (secondary N) is 1. The fourth-order valence-corrected chi connectivity index (χ4v) is 4.81. The van der Waals surface area contributed by atoms with Crippen molar-refractivity contribution in [1.82, 2.24) is 9.66 Å². The summed E-state index contributed by atoms with van der Waals surface area (Å²) in [6.07, 6.45) is 3.90. The number of hydrogen-bond donors (Lipinski definition) is 1. The number of thiophene rings is 1. The van der Waals surface area contributed by atoms with Crippen LogP contribution in [-0.2, 0) is 6.54 Å². The zero-order chi connectivity index (χ0) is 19.5. The number of fused-ring (bicyclic) bond motifs is 1. The molecule has 5 rings (SSSR count). The third-order valence-electron chi connectivity index (χ3n) is 4.63. The molecular weight excluding hydrogens is 396 g/mol. The van der Waals surface area contributed by atoms with Crippen molar-refractivity contribution in [3.63, 3.8) is 0 Å². The second kappa shape index (κ2) is 8.03. The van der Waals surface area contributed by atoms with Gasteiger partial charge in [-0.2, -0.15) is 5.10 Å². The molecule has 142 valence electrons. The van der Waals surface area contributed by atoms with Gasteiger partial charge in [-0.3, -0.25) is 4.99 Å². The summed E-state index contributed by atoms with van der Waals surface area (Å²) in [6, 6.07) is 22.7. The van der Waals surface area contributed by atoms with Crippen LogP contribution < -0.4 is 4.80 Å². The smallest absolute Gasteiger partial charge is 0.206 e. The highest BCUT2D eigenvalue weighted by atomic mass is 32.1. The standard InChI is InChI=1S/C23H18N4S2/c1-2-7-17(8-3-1)13-25-23-27(21(16-29-23)22-11-6-12-28-22)26-15-18-14-24-20-10-5-4-9-19(18)20/h1-12,14-16,24H,13H2. The van der Waals surface area contributed by atoms with Crippen molar-refractivity contribution >= 4 is 39.8 Å². The first-order valence-electron chi connectivity index (χ1n) is 9.28. The summed E-state index contributed by atoms with van der Waals surface area (Å²) in [5.74, 6) is 0. The maximum Gasteiger partial charge on any atom is 0.206 e. The van der Waals surface area contributed by atoms with Gasteiger partial charge in [-0.05, 0) is 23.1 Å². The van der Waals surface area contributed by atoms with Crippen molar-refractivity contribution in [2.75, 3.05) is 0 Å². The lowest BCUT2D eigenvalue weighted by Gasteiger charge is -2.01. The Bertz CT molecular complexity index is 1320. The molecule has 0 fully saturated rings. The molecule has 5 aromatic rings. The Morgan fingerprint density at radius 1 is 0.931 bits per heavy atom. The molecule has 3 heterocycles. The highest BCUT2D eigenvalue weighted by Crippen LogP contribution is 2.25. The summed E-state index contributed by atoms with van der Waals surface area (Å²) in [4.78, 5) is 10.2. The fraction of sp³-hybridized carbons (Fsp3) is 0.0435. The number of aromatic nitrogens is 2. The SMILES string of the molecule is C(=Nn1c(-c2cccs2)csc1=NCc1ccccc1)c1c[nH]c2ccccc12. The fourth-order valence-electron chi connectivity index (χ4n) is 3.18. The van der Waals surface area contributed by atoms with Crippen molar-refractivity contribution in [2.24, 2.45) is 10.1 Å². The molecule has 0 saturated carbocycles. The number of H-pyrrole nitrogens is 1. The Balaban J connectivity index is 1.57. The van der Waals surface area contributed by atoms with Crippen molar-refractivity contribution in [2.45, 2.75) is 6.54 Å². The quantitative estimate of drug-likeness (QED) is 0.356. The molecule has 0 aliphatic rings. The van der Waals surface area contributed by atoms with E-state index in [1.807, 2.05) is 47.4 Å². The lowest BCUT2D eigenvalue weighted by Crippen LogP contribution is -2.12. The Morgan fingerprint density at radius 3 is 2.66 bits per heavy atom. The predicted octanol–water partition coefficient (Wildman–Crippen LogP) is 5.74. The van der Waals surface area contributed by atoms with E-state index in [9.17, 15) is 0 Å². The number of benzene rings is 2. The van der Waals surface area contributed by atoms with Gasteiger partial charge in [-0.25, -0.2) is 4.68 Å². The molecule has 0 amide bonds. The molecule has 0 unspecified atom stereocenters. The van der Waals surface area contributed by atoms with Gasteiger partial charge in [0.05, 0.1) is 23.3 Å². The molecule has 0 spiro atoms. The van der Waals surface area contributed by atoms with Gasteiger partial charge in [-0.15, -0.1) is 22.7 Å². The highest BCUT2D eigenvalue weighted by molar-refractivity contribution is 7.14. The van der Waals surface area contributed by atoms with Gasteiger partial charge in [0.25, 0.3) is 0 Å². The average Bonchev–Trinajstić information content (AvgIpc) is 3.51. The first kappa shape index (κ1) is 17.8. The number of hydrogen-bond acceptors (Lipinski definition) is 4. The van der Waals surface area contributed by atoms with E-state index in [4.69, 9.17) is 10.1 Å². The number of aromatic amines is 1.